The summed E-state index contributed by atoms with van der Waals surface area (Å²) < 4.78 is 13.6. The van der Waals surface area contributed by atoms with E-state index in [-0.39, 0.29) is 11.6 Å². The van der Waals surface area contributed by atoms with Crippen LogP contribution in [0.3, 0.4) is 0 Å². The number of halogens is 2. The highest BCUT2D eigenvalue weighted by atomic mass is 79.9. The number of allylic oxidation sites excluding steroid dienone is 2. The standard InChI is InChI=1S/C33H26Br2O4/c34-28-14-8-24(9-15-28)12-18-32(36)26-4-1-6-30(22-26)38-20-3-21-39-31-7-2-5-27(23-31)33(37)19-13-25-10-16-29(35)17-11-25/h1-2,4-19,22-23H,3,20-21H2/b18-12+,19-13+. The Kier molecular flexibility index (Phi) is 10.5. The first-order valence-electron chi connectivity index (χ1n) is 12.4. The summed E-state index contributed by atoms with van der Waals surface area (Å²) in [5, 5.41) is 0. The van der Waals surface area contributed by atoms with E-state index in [1.54, 1.807) is 60.7 Å². The summed E-state index contributed by atoms with van der Waals surface area (Å²) in [6.07, 6.45) is 7.35. The monoisotopic (exact) mass is 644 g/mol. The minimum Gasteiger partial charge on any atom is -0.493 e. The van der Waals surface area contributed by atoms with Gasteiger partial charge in [0.1, 0.15) is 11.5 Å². The number of rotatable bonds is 12. The van der Waals surface area contributed by atoms with E-state index in [0.717, 1.165) is 20.1 Å². The van der Waals surface area contributed by atoms with E-state index in [1.807, 2.05) is 60.7 Å². The molecule has 0 N–H and O–H groups in total. The maximum atomic E-state index is 12.6. The lowest BCUT2D eigenvalue weighted by atomic mass is 10.1. The highest BCUT2D eigenvalue weighted by molar-refractivity contribution is 9.10. The van der Waals surface area contributed by atoms with E-state index < -0.39 is 0 Å². The highest BCUT2D eigenvalue weighted by Gasteiger charge is 2.06. The number of ketones is 2. The summed E-state index contributed by atoms with van der Waals surface area (Å²) in [4.78, 5) is 25.1. The van der Waals surface area contributed by atoms with Gasteiger partial charge in [-0.2, -0.15) is 0 Å². The zero-order chi connectivity index (χ0) is 27.5. The first kappa shape index (κ1) is 28.3. The molecule has 0 aliphatic rings. The predicted octanol–water partition coefficient (Wildman–Crippen LogP) is 8.85. The van der Waals surface area contributed by atoms with Gasteiger partial charge in [-0.1, -0.05) is 92.5 Å². The van der Waals surface area contributed by atoms with Crippen LogP contribution in [0.5, 0.6) is 11.5 Å². The molecule has 0 aromatic heterocycles. The fraction of sp³-hybridized carbons (Fsp3) is 0.0909. The lowest BCUT2D eigenvalue weighted by Gasteiger charge is -2.09. The van der Waals surface area contributed by atoms with Crippen LogP contribution in [-0.2, 0) is 0 Å². The third kappa shape index (κ3) is 9.20. The van der Waals surface area contributed by atoms with Gasteiger partial charge in [-0.15, -0.1) is 0 Å². The van der Waals surface area contributed by atoms with Crippen LogP contribution in [0, 0.1) is 0 Å². The molecule has 39 heavy (non-hydrogen) atoms. The van der Waals surface area contributed by atoms with Crippen LogP contribution in [0.25, 0.3) is 12.2 Å². The molecule has 0 bridgehead atoms. The smallest absolute Gasteiger partial charge is 0.185 e. The molecule has 196 valence electrons. The fourth-order valence-electron chi connectivity index (χ4n) is 3.60. The van der Waals surface area contributed by atoms with Gasteiger partial charge in [-0.05, 0) is 71.8 Å². The van der Waals surface area contributed by atoms with Crippen molar-refractivity contribution in [1.82, 2.24) is 0 Å². The van der Waals surface area contributed by atoms with E-state index in [9.17, 15) is 9.59 Å². The van der Waals surface area contributed by atoms with Crippen LogP contribution in [0.1, 0.15) is 38.3 Å². The largest absolute Gasteiger partial charge is 0.493 e. The van der Waals surface area contributed by atoms with E-state index in [0.29, 0.717) is 42.3 Å². The number of hydrogen-bond donors (Lipinski definition) is 0. The lowest BCUT2D eigenvalue weighted by Crippen LogP contribution is -2.06. The Morgan fingerprint density at radius 2 is 1.00 bits per heavy atom. The summed E-state index contributed by atoms with van der Waals surface area (Å²) in [5.41, 5.74) is 3.03. The van der Waals surface area contributed by atoms with Crippen molar-refractivity contribution < 1.29 is 19.1 Å². The van der Waals surface area contributed by atoms with Crippen molar-refractivity contribution in [3.63, 3.8) is 0 Å². The summed E-state index contributed by atoms with van der Waals surface area (Å²) in [6, 6.07) is 29.8. The second kappa shape index (κ2) is 14.4. The number of ether oxygens (including phenoxy) is 2. The summed E-state index contributed by atoms with van der Waals surface area (Å²) in [5.74, 6) is 1.08. The topological polar surface area (TPSA) is 52.6 Å². The molecule has 0 saturated heterocycles. The van der Waals surface area contributed by atoms with Crippen LogP contribution >= 0.6 is 31.9 Å². The summed E-state index contributed by atoms with van der Waals surface area (Å²) in [6.45, 7) is 0.863. The van der Waals surface area contributed by atoms with E-state index in [2.05, 4.69) is 31.9 Å². The van der Waals surface area contributed by atoms with Crippen LogP contribution in [0.2, 0.25) is 0 Å². The van der Waals surface area contributed by atoms with Crippen molar-refractivity contribution in [3.05, 3.63) is 140 Å². The molecule has 0 atom stereocenters. The molecule has 0 heterocycles. The molecule has 4 rings (SSSR count). The number of benzene rings is 4. The molecule has 4 nitrogen and oxygen atoms in total. The van der Waals surface area contributed by atoms with Crippen molar-refractivity contribution in [2.24, 2.45) is 0 Å². The molecule has 0 spiro atoms. The van der Waals surface area contributed by atoms with Crippen LogP contribution in [0.15, 0.2) is 118 Å². The van der Waals surface area contributed by atoms with Crippen molar-refractivity contribution in [2.75, 3.05) is 13.2 Å². The Balaban J connectivity index is 1.22. The molecule has 4 aromatic rings. The highest BCUT2D eigenvalue weighted by Crippen LogP contribution is 2.18. The van der Waals surface area contributed by atoms with Gasteiger partial charge in [-0.3, -0.25) is 9.59 Å². The van der Waals surface area contributed by atoms with Gasteiger partial charge in [0.25, 0.3) is 0 Å². The average Bonchev–Trinajstić information content (AvgIpc) is 2.96. The van der Waals surface area contributed by atoms with Gasteiger partial charge in [-0.25, -0.2) is 0 Å². The normalized spacial score (nSPS) is 11.1. The second-order valence-electron chi connectivity index (χ2n) is 8.60. The van der Waals surface area contributed by atoms with Crippen LogP contribution in [-0.4, -0.2) is 24.8 Å². The Labute approximate surface area is 245 Å². The van der Waals surface area contributed by atoms with E-state index in [4.69, 9.17) is 9.47 Å². The third-order valence-electron chi connectivity index (χ3n) is 5.66. The number of carbonyl (C=O) groups excluding carboxylic acids is 2. The molecule has 0 unspecified atom stereocenters. The van der Waals surface area contributed by atoms with Crippen molar-refractivity contribution in [1.29, 1.82) is 0 Å². The molecule has 0 radical (unpaired) electrons. The minimum atomic E-state index is -0.0900. The number of hydrogen-bond acceptors (Lipinski definition) is 4. The third-order valence-corrected chi connectivity index (χ3v) is 6.71. The van der Waals surface area contributed by atoms with Crippen LogP contribution in [0.4, 0.5) is 0 Å². The van der Waals surface area contributed by atoms with Gasteiger partial charge in [0.05, 0.1) is 13.2 Å². The van der Waals surface area contributed by atoms with Gasteiger partial charge in [0.15, 0.2) is 11.6 Å². The first-order chi connectivity index (χ1) is 19.0. The number of carbonyl (C=O) groups is 2. The van der Waals surface area contributed by atoms with Crippen molar-refractivity contribution in [3.8, 4) is 11.5 Å². The molecule has 4 aromatic carbocycles. The molecular formula is C33H26Br2O4. The average molecular weight is 646 g/mol. The van der Waals surface area contributed by atoms with Crippen molar-refractivity contribution in [2.45, 2.75) is 6.42 Å². The fourth-order valence-corrected chi connectivity index (χ4v) is 4.13. The van der Waals surface area contributed by atoms with Gasteiger partial charge in [0.2, 0.25) is 0 Å². The van der Waals surface area contributed by atoms with Crippen molar-refractivity contribution >= 4 is 55.6 Å². The second-order valence-corrected chi connectivity index (χ2v) is 10.4. The molecular weight excluding hydrogens is 620 g/mol. The Bertz CT molecular complexity index is 1360. The molecule has 0 aliphatic carbocycles. The van der Waals surface area contributed by atoms with Gasteiger partial charge >= 0.3 is 0 Å². The Morgan fingerprint density at radius 3 is 1.41 bits per heavy atom. The minimum absolute atomic E-state index is 0.0900. The predicted molar refractivity (Wildman–Crippen MR) is 164 cm³/mol. The summed E-state index contributed by atoms with van der Waals surface area (Å²) >= 11 is 6.81. The van der Waals surface area contributed by atoms with Gasteiger partial charge < -0.3 is 9.47 Å². The maximum Gasteiger partial charge on any atom is 0.185 e. The van der Waals surface area contributed by atoms with Crippen LogP contribution < -0.4 is 9.47 Å². The quantitative estimate of drug-likeness (QED) is 0.0877. The molecule has 0 amide bonds. The Hall–Kier alpha value is -3.74. The van der Waals surface area contributed by atoms with E-state index in [1.165, 1.54) is 0 Å². The lowest BCUT2D eigenvalue weighted by molar-refractivity contribution is 0.103. The first-order valence-corrected chi connectivity index (χ1v) is 14.0. The molecule has 0 aliphatic heterocycles. The Morgan fingerprint density at radius 1 is 0.590 bits per heavy atom. The molecule has 6 heteroatoms. The summed E-state index contributed by atoms with van der Waals surface area (Å²) in [7, 11) is 0. The van der Waals surface area contributed by atoms with E-state index >= 15 is 0 Å². The van der Waals surface area contributed by atoms with Gasteiger partial charge in [0, 0.05) is 26.5 Å². The zero-order valence-corrected chi connectivity index (χ0v) is 24.2. The maximum absolute atomic E-state index is 12.6. The molecule has 0 fully saturated rings. The SMILES string of the molecule is O=C(/C=C/c1ccc(Br)cc1)c1cccc(OCCCOc2cccc(C(=O)/C=C/c3ccc(Br)cc3)c2)c1. The molecule has 0 saturated carbocycles. The zero-order valence-electron chi connectivity index (χ0n) is 21.1.